The molecule has 0 saturated carbocycles. The molecule has 9 heterocycles. The summed E-state index contributed by atoms with van der Waals surface area (Å²) in [6.07, 6.45) is 0. The third-order valence-electron chi connectivity index (χ3n) is 7.23. The molecule has 0 N–H and O–H groups in total. The highest BCUT2D eigenvalue weighted by Crippen LogP contribution is 2.43. The van der Waals surface area contributed by atoms with Crippen LogP contribution in [0.15, 0.2) is 138 Å². The maximum Gasteiger partial charge on any atom is 0.144 e. The summed E-state index contributed by atoms with van der Waals surface area (Å²) in [6, 6.07) is 37.0. The molecule has 0 radical (unpaired) electrons. The van der Waals surface area contributed by atoms with Crippen LogP contribution in [0.1, 0.15) is 0 Å². The molecule has 0 unspecified atom stereocenters. The third kappa shape index (κ3) is 5.12. The SMILES string of the molecule is c1csc(-c2ccc(-c3ccc(-c4ccc(-c5ccc(-c6ccc(-c7ccc(-c8ccc(-c9cccs9)o8)s7)o6)s5)o4)s3)o2)c1. The largest absolute Gasteiger partial charge is 0.454 e. The summed E-state index contributed by atoms with van der Waals surface area (Å²) in [5.41, 5.74) is 0. The molecule has 9 aromatic heterocycles. The molecule has 218 valence electrons. The molecule has 0 spiro atoms. The van der Waals surface area contributed by atoms with Gasteiger partial charge >= 0.3 is 0 Å². The van der Waals surface area contributed by atoms with Gasteiger partial charge in [-0.15, -0.1) is 56.7 Å². The second-order valence-corrected chi connectivity index (χ2v) is 15.2. The lowest BCUT2D eigenvalue weighted by Crippen LogP contribution is -1.64. The molecule has 0 bridgehead atoms. The molecule has 45 heavy (non-hydrogen) atoms. The Kier molecular flexibility index (Phi) is 6.72. The summed E-state index contributed by atoms with van der Waals surface area (Å²) < 4.78 is 24.9. The van der Waals surface area contributed by atoms with Crippen LogP contribution in [0.4, 0.5) is 0 Å². The van der Waals surface area contributed by atoms with E-state index < -0.39 is 0 Å². The number of rotatable bonds is 8. The Bertz CT molecular complexity index is 2180. The number of hydrogen-bond acceptors (Lipinski definition) is 9. The summed E-state index contributed by atoms with van der Waals surface area (Å²) in [7, 11) is 0. The highest BCUT2D eigenvalue weighted by atomic mass is 32.1. The second-order valence-electron chi connectivity index (χ2n) is 10.1. The minimum atomic E-state index is 0.837. The van der Waals surface area contributed by atoms with E-state index in [1.54, 1.807) is 56.7 Å². The van der Waals surface area contributed by atoms with Gasteiger partial charge in [0.15, 0.2) is 0 Å². The van der Waals surface area contributed by atoms with Crippen molar-refractivity contribution in [1.29, 1.82) is 0 Å². The van der Waals surface area contributed by atoms with Gasteiger partial charge in [0.05, 0.1) is 39.0 Å². The van der Waals surface area contributed by atoms with Crippen LogP contribution in [-0.4, -0.2) is 0 Å². The summed E-state index contributed by atoms with van der Waals surface area (Å²) >= 11 is 8.33. The van der Waals surface area contributed by atoms with Crippen LogP contribution < -0.4 is 0 Å². The maximum absolute atomic E-state index is 6.32. The van der Waals surface area contributed by atoms with Crippen LogP contribution in [0.2, 0.25) is 0 Å². The van der Waals surface area contributed by atoms with Crippen LogP contribution in [0.3, 0.4) is 0 Å². The lowest BCUT2D eigenvalue weighted by molar-refractivity contribution is 0.600. The zero-order chi connectivity index (χ0) is 29.7. The van der Waals surface area contributed by atoms with Gasteiger partial charge in [0, 0.05) is 0 Å². The molecule has 0 saturated heterocycles. The zero-order valence-corrected chi connectivity index (χ0v) is 27.3. The lowest BCUT2D eigenvalue weighted by Gasteiger charge is -1.94. The van der Waals surface area contributed by atoms with Gasteiger partial charge in [-0.3, -0.25) is 0 Å². The topological polar surface area (TPSA) is 52.6 Å². The van der Waals surface area contributed by atoms with Crippen LogP contribution in [0, 0.1) is 0 Å². The predicted molar refractivity (Wildman–Crippen MR) is 188 cm³/mol. The van der Waals surface area contributed by atoms with E-state index in [2.05, 4.69) is 59.3 Å². The van der Waals surface area contributed by atoms with E-state index in [4.69, 9.17) is 17.7 Å². The fourth-order valence-corrected chi connectivity index (χ4v) is 9.22. The Balaban J connectivity index is 0.908. The van der Waals surface area contributed by atoms with Crippen molar-refractivity contribution in [3.05, 3.63) is 120 Å². The van der Waals surface area contributed by atoms with E-state index in [1.807, 2.05) is 60.7 Å². The molecular formula is C36H20O4S5. The standard InChI is InChI=1S/C36H20O4S5/c1-3-29(41-19-1)21-5-7-23(37-21)31-13-15-33(43-31)25-9-11-27(39-25)35-17-18-36(45-35)28-12-10-26(40-28)34-16-14-32(44-34)24-8-6-22(38-24)30-4-2-20-42-30/h1-20H. The molecule has 9 rings (SSSR count). The quantitative estimate of drug-likeness (QED) is 0.161. The second kappa shape index (κ2) is 11.2. The van der Waals surface area contributed by atoms with Gasteiger partial charge in [-0.1, -0.05) is 12.1 Å². The van der Waals surface area contributed by atoms with Crippen LogP contribution in [-0.2, 0) is 0 Å². The molecule has 0 fully saturated rings. The normalized spacial score (nSPS) is 11.6. The first-order valence-electron chi connectivity index (χ1n) is 14.0. The highest BCUT2D eigenvalue weighted by Gasteiger charge is 2.17. The van der Waals surface area contributed by atoms with Gasteiger partial charge in [-0.2, -0.15) is 0 Å². The monoisotopic (exact) mass is 676 g/mol. The minimum absolute atomic E-state index is 0.837. The van der Waals surface area contributed by atoms with Crippen molar-refractivity contribution in [3.63, 3.8) is 0 Å². The zero-order valence-electron chi connectivity index (χ0n) is 23.2. The third-order valence-corrected chi connectivity index (χ3v) is 12.3. The molecule has 0 aliphatic carbocycles. The smallest absolute Gasteiger partial charge is 0.144 e. The van der Waals surface area contributed by atoms with Crippen molar-refractivity contribution >= 4 is 56.7 Å². The molecule has 0 atom stereocenters. The van der Waals surface area contributed by atoms with Gasteiger partial charge in [0.2, 0.25) is 0 Å². The number of furan rings is 4. The number of thiophene rings is 5. The van der Waals surface area contributed by atoms with Gasteiger partial charge < -0.3 is 17.7 Å². The van der Waals surface area contributed by atoms with Crippen molar-refractivity contribution in [3.8, 4) is 85.1 Å². The molecule has 0 aliphatic rings. The van der Waals surface area contributed by atoms with Crippen molar-refractivity contribution in [2.75, 3.05) is 0 Å². The molecular weight excluding hydrogens is 657 g/mol. The summed E-state index contributed by atoms with van der Waals surface area (Å²) in [5.74, 6) is 6.88. The minimum Gasteiger partial charge on any atom is -0.454 e. The summed E-state index contributed by atoms with van der Waals surface area (Å²) in [4.78, 5) is 8.63. The van der Waals surface area contributed by atoms with E-state index in [0.29, 0.717) is 0 Å². The van der Waals surface area contributed by atoms with E-state index in [-0.39, 0.29) is 0 Å². The van der Waals surface area contributed by atoms with Gasteiger partial charge in [-0.05, 0) is 108 Å². The Morgan fingerprint density at radius 1 is 0.267 bits per heavy atom. The maximum atomic E-state index is 6.32. The summed E-state index contributed by atoms with van der Waals surface area (Å²) in [5, 5.41) is 4.12. The van der Waals surface area contributed by atoms with Crippen molar-refractivity contribution in [1.82, 2.24) is 0 Å². The Morgan fingerprint density at radius 3 is 0.733 bits per heavy atom. The van der Waals surface area contributed by atoms with Crippen LogP contribution >= 0.6 is 56.7 Å². The first kappa shape index (κ1) is 27.0. The van der Waals surface area contributed by atoms with E-state index in [0.717, 1.165) is 85.1 Å². The molecule has 0 aromatic carbocycles. The molecule has 9 aromatic rings. The molecule has 4 nitrogen and oxygen atoms in total. The van der Waals surface area contributed by atoms with Gasteiger partial charge in [0.25, 0.3) is 0 Å². The number of hydrogen-bond donors (Lipinski definition) is 0. The average molecular weight is 677 g/mol. The van der Waals surface area contributed by atoms with E-state index in [1.165, 1.54) is 0 Å². The average Bonchev–Trinajstić information content (AvgIpc) is 3.94. The highest BCUT2D eigenvalue weighted by molar-refractivity contribution is 7.19. The molecule has 0 aliphatic heterocycles. The van der Waals surface area contributed by atoms with Crippen LogP contribution in [0.25, 0.3) is 85.1 Å². The van der Waals surface area contributed by atoms with Crippen molar-refractivity contribution in [2.45, 2.75) is 0 Å². The first-order chi connectivity index (χ1) is 22.2. The first-order valence-corrected chi connectivity index (χ1v) is 18.2. The Hall–Kier alpha value is -4.38. The van der Waals surface area contributed by atoms with E-state index >= 15 is 0 Å². The van der Waals surface area contributed by atoms with Crippen molar-refractivity contribution < 1.29 is 17.7 Å². The van der Waals surface area contributed by atoms with E-state index in [9.17, 15) is 0 Å². The molecule has 0 amide bonds. The Morgan fingerprint density at radius 2 is 0.511 bits per heavy atom. The van der Waals surface area contributed by atoms with Crippen molar-refractivity contribution in [2.24, 2.45) is 0 Å². The fourth-order valence-electron chi connectivity index (χ4n) is 5.06. The fraction of sp³-hybridized carbons (Fsp3) is 0. The molecule has 9 heteroatoms. The summed E-state index contributed by atoms with van der Waals surface area (Å²) in [6.45, 7) is 0. The van der Waals surface area contributed by atoms with Gasteiger partial charge in [0.1, 0.15) is 46.1 Å². The van der Waals surface area contributed by atoms with Crippen LogP contribution in [0.5, 0.6) is 0 Å². The Labute approximate surface area is 277 Å². The van der Waals surface area contributed by atoms with Gasteiger partial charge in [-0.25, -0.2) is 0 Å². The predicted octanol–water partition coefficient (Wildman–Crippen LogP) is 13.7. The lowest BCUT2D eigenvalue weighted by atomic mass is 10.3.